The van der Waals surface area contributed by atoms with E-state index in [1.807, 2.05) is 91.0 Å². The van der Waals surface area contributed by atoms with E-state index in [1.165, 1.54) is 7.11 Å². The second-order valence-corrected chi connectivity index (χ2v) is 10.8. The van der Waals surface area contributed by atoms with Crippen molar-refractivity contribution in [1.82, 2.24) is 5.32 Å². The normalized spacial score (nSPS) is 11.9. The highest BCUT2D eigenvalue weighted by Gasteiger charge is 2.25. The van der Waals surface area contributed by atoms with E-state index in [1.54, 1.807) is 42.5 Å². The zero-order valence-corrected chi connectivity index (χ0v) is 26.0. The van der Waals surface area contributed by atoms with Crippen LogP contribution in [-0.2, 0) is 27.5 Å². The number of hydrogen-bond donors (Lipinski definition) is 5. The van der Waals surface area contributed by atoms with Crippen molar-refractivity contribution < 1.29 is 19.1 Å². The SMILES string of the molecule is COC(C(=O)Nc1cc([C@H](Nc2ccc(C(=N)N)cc2)C(=O)NCc2ccccc2)ccc1OCc1ccccc1)c1ccccc1. The van der Waals surface area contributed by atoms with Gasteiger partial charge in [0.05, 0.1) is 5.69 Å². The Kier molecular flexibility index (Phi) is 11.0. The number of nitrogens with two attached hydrogens (primary N) is 1. The summed E-state index contributed by atoms with van der Waals surface area (Å²) in [6.07, 6.45) is -0.871. The standard InChI is InChI=1S/C38H37N5O4/c1-46-35(28-15-9-4-10-16-28)38(45)43-32-23-30(19-22-33(32)47-25-27-13-7-3-8-14-27)34(37(44)41-24-26-11-5-2-6-12-26)42-31-20-17-29(18-21-31)36(39)40/h2-23,34-35,42H,24-25H2,1H3,(H3,39,40)(H,41,44)(H,43,45)/t34-,35?/m0/s1. The number of carbonyl (C=O) groups excluding carboxylic acids is 2. The van der Waals surface area contributed by atoms with Gasteiger partial charge in [-0.3, -0.25) is 15.0 Å². The molecule has 5 aromatic rings. The lowest BCUT2D eigenvalue weighted by Crippen LogP contribution is -2.33. The molecule has 0 spiro atoms. The number of rotatable bonds is 14. The van der Waals surface area contributed by atoms with Crippen LogP contribution in [0, 0.1) is 5.41 Å². The lowest BCUT2D eigenvalue weighted by Gasteiger charge is -2.23. The second-order valence-electron chi connectivity index (χ2n) is 10.8. The number of hydrogen-bond acceptors (Lipinski definition) is 6. The summed E-state index contributed by atoms with van der Waals surface area (Å²) in [7, 11) is 1.48. The third-order valence-electron chi connectivity index (χ3n) is 7.49. The molecule has 0 radical (unpaired) electrons. The number of anilines is 2. The summed E-state index contributed by atoms with van der Waals surface area (Å²) in [5, 5.41) is 17.0. The molecular weight excluding hydrogens is 590 g/mol. The van der Waals surface area contributed by atoms with Crippen LogP contribution in [0.15, 0.2) is 133 Å². The molecular formula is C38H37N5O4. The molecule has 0 aromatic heterocycles. The zero-order chi connectivity index (χ0) is 33.0. The number of methoxy groups -OCH3 is 1. The first-order chi connectivity index (χ1) is 22.9. The Morgan fingerprint density at radius 3 is 1.98 bits per heavy atom. The molecule has 2 amide bonds. The van der Waals surface area contributed by atoms with E-state index < -0.39 is 18.1 Å². The number of benzene rings is 5. The van der Waals surface area contributed by atoms with E-state index in [9.17, 15) is 9.59 Å². The summed E-state index contributed by atoms with van der Waals surface area (Å²) in [6, 6.07) is 39.9. The minimum Gasteiger partial charge on any atom is -0.487 e. The minimum atomic E-state index is -0.871. The summed E-state index contributed by atoms with van der Waals surface area (Å²) in [6.45, 7) is 0.604. The highest BCUT2D eigenvalue weighted by Crippen LogP contribution is 2.32. The Morgan fingerprint density at radius 1 is 0.745 bits per heavy atom. The van der Waals surface area contributed by atoms with E-state index in [0.717, 1.165) is 11.1 Å². The van der Waals surface area contributed by atoms with Gasteiger partial charge in [-0.25, -0.2) is 0 Å². The number of ether oxygens (including phenoxy) is 2. The van der Waals surface area contributed by atoms with Gasteiger partial charge in [0.1, 0.15) is 24.2 Å². The van der Waals surface area contributed by atoms with Gasteiger partial charge in [-0.05, 0) is 58.7 Å². The first-order valence-corrected chi connectivity index (χ1v) is 15.1. The van der Waals surface area contributed by atoms with E-state index in [-0.39, 0.29) is 18.3 Å². The fourth-order valence-corrected chi connectivity index (χ4v) is 5.01. The van der Waals surface area contributed by atoms with E-state index in [4.69, 9.17) is 20.6 Å². The van der Waals surface area contributed by atoms with Gasteiger partial charge >= 0.3 is 0 Å². The van der Waals surface area contributed by atoms with Crippen LogP contribution in [0.2, 0.25) is 0 Å². The van der Waals surface area contributed by atoms with Crippen molar-refractivity contribution >= 4 is 29.0 Å². The number of nitrogen functional groups attached to an aromatic ring is 1. The van der Waals surface area contributed by atoms with Crippen LogP contribution < -0.4 is 26.4 Å². The Bertz CT molecular complexity index is 1780. The van der Waals surface area contributed by atoms with Crippen LogP contribution in [0.1, 0.15) is 40.0 Å². The first-order valence-electron chi connectivity index (χ1n) is 15.1. The topological polar surface area (TPSA) is 139 Å². The van der Waals surface area contributed by atoms with Gasteiger partial charge in [0, 0.05) is 24.9 Å². The molecule has 9 nitrogen and oxygen atoms in total. The predicted molar refractivity (Wildman–Crippen MR) is 184 cm³/mol. The average molecular weight is 628 g/mol. The molecule has 0 aliphatic carbocycles. The highest BCUT2D eigenvalue weighted by molar-refractivity contribution is 5.97. The maximum absolute atomic E-state index is 13.8. The fraction of sp³-hybridized carbons (Fsp3) is 0.132. The Labute approximate surface area is 274 Å². The quantitative estimate of drug-likeness (QED) is 0.0719. The van der Waals surface area contributed by atoms with Gasteiger partial charge in [0.2, 0.25) is 5.91 Å². The smallest absolute Gasteiger partial charge is 0.258 e. The molecule has 0 aliphatic heterocycles. The summed E-state index contributed by atoms with van der Waals surface area (Å²) >= 11 is 0. The maximum Gasteiger partial charge on any atom is 0.258 e. The van der Waals surface area contributed by atoms with Crippen LogP contribution in [0.3, 0.4) is 0 Å². The van der Waals surface area contributed by atoms with Gasteiger partial charge < -0.3 is 31.2 Å². The summed E-state index contributed by atoms with van der Waals surface area (Å²) in [5.41, 5.74) is 10.4. The minimum absolute atomic E-state index is 0.0509. The molecule has 6 N–H and O–H groups in total. The number of nitrogens with one attached hydrogen (secondary N) is 4. The Hall–Kier alpha value is -5.93. The van der Waals surface area contributed by atoms with Crippen LogP contribution in [-0.4, -0.2) is 24.8 Å². The molecule has 0 saturated heterocycles. The van der Waals surface area contributed by atoms with Crippen molar-refractivity contribution in [2.75, 3.05) is 17.7 Å². The molecule has 0 bridgehead atoms. The number of amidine groups is 1. The molecule has 1 unspecified atom stereocenters. The fourth-order valence-electron chi connectivity index (χ4n) is 5.01. The lowest BCUT2D eigenvalue weighted by atomic mass is 10.0. The summed E-state index contributed by atoms with van der Waals surface area (Å²) in [4.78, 5) is 27.4. The van der Waals surface area contributed by atoms with Crippen LogP contribution >= 0.6 is 0 Å². The van der Waals surface area contributed by atoms with Crippen LogP contribution in [0.4, 0.5) is 11.4 Å². The molecule has 5 rings (SSSR count). The van der Waals surface area contributed by atoms with Crippen molar-refractivity contribution in [2.45, 2.75) is 25.3 Å². The van der Waals surface area contributed by atoms with Crippen molar-refractivity contribution in [1.29, 1.82) is 5.41 Å². The van der Waals surface area contributed by atoms with Crippen molar-refractivity contribution in [3.8, 4) is 5.75 Å². The van der Waals surface area contributed by atoms with Gasteiger partial charge in [0.25, 0.3) is 5.91 Å². The van der Waals surface area contributed by atoms with Crippen molar-refractivity contribution in [2.24, 2.45) is 5.73 Å². The summed E-state index contributed by atoms with van der Waals surface area (Å²) in [5.74, 6) is -0.287. The van der Waals surface area contributed by atoms with Crippen molar-refractivity contribution in [3.05, 3.63) is 161 Å². The van der Waals surface area contributed by atoms with Crippen LogP contribution in [0.25, 0.3) is 0 Å². The molecule has 0 saturated carbocycles. The largest absolute Gasteiger partial charge is 0.487 e. The zero-order valence-electron chi connectivity index (χ0n) is 26.0. The molecule has 47 heavy (non-hydrogen) atoms. The average Bonchev–Trinajstić information content (AvgIpc) is 3.11. The predicted octanol–water partition coefficient (Wildman–Crippen LogP) is 6.35. The molecule has 238 valence electrons. The van der Waals surface area contributed by atoms with E-state index in [0.29, 0.717) is 40.4 Å². The third-order valence-corrected chi connectivity index (χ3v) is 7.49. The monoisotopic (exact) mass is 627 g/mol. The van der Waals surface area contributed by atoms with Gasteiger partial charge in [-0.2, -0.15) is 0 Å². The lowest BCUT2D eigenvalue weighted by molar-refractivity contribution is -0.126. The Balaban J connectivity index is 1.48. The first kappa shape index (κ1) is 32.5. The van der Waals surface area contributed by atoms with Gasteiger partial charge in [-0.15, -0.1) is 0 Å². The number of amides is 2. The van der Waals surface area contributed by atoms with Crippen molar-refractivity contribution in [3.63, 3.8) is 0 Å². The molecule has 9 heteroatoms. The van der Waals surface area contributed by atoms with Gasteiger partial charge in [-0.1, -0.05) is 97.1 Å². The second kappa shape index (κ2) is 15.9. The molecule has 0 fully saturated rings. The third kappa shape index (κ3) is 8.84. The van der Waals surface area contributed by atoms with E-state index in [2.05, 4.69) is 16.0 Å². The summed E-state index contributed by atoms with van der Waals surface area (Å²) < 4.78 is 11.8. The highest BCUT2D eigenvalue weighted by atomic mass is 16.5. The Morgan fingerprint density at radius 2 is 1.36 bits per heavy atom. The molecule has 5 aromatic carbocycles. The number of carbonyl (C=O) groups is 2. The molecule has 0 heterocycles. The van der Waals surface area contributed by atoms with E-state index >= 15 is 0 Å². The molecule has 2 atom stereocenters. The maximum atomic E-state index is 13.8. The molecule has 0 aliphatic rings. The van der Waals surface area contributed by atoms with Gasteiger partial charge in [0.15, 0.2) is 6.10 Å². The van der Waals surface area contributed by atoms with Crippen LogP contribution in [0.5, 0.6) is 5.75 Å².